The van der Waals surface area contributed by atoms with Gasteiger partial charge in [-0.3, -0.25) is 14.6 Å². The van der Waals surface area contributed by atoms with Gasteiger partial charge in [-0.2, -0.15) is 0 Å². The number of carbonyl (C=O) groups excluding carboxylic acids is 2. The number of anilines is 1. The molecule has 0 aromatic carbocycles. The van der Waals surface area contributed by atoms with Gasteiger partial charge < -0.3 is 10.2 Å². The van der Waals surface area contributed by atoms with E-state index in [1.807, 2.05) is 13.0 Å². The highest BCUT2D eigenvalue weighted by Crippen LogP contribution is 2.05. The summed E-state index contributed by atoms with van der Waals surface area (Å²) < 4.78 is 0. The molecule has 0 saturated heterocycles. The van der Waals surface area contributed by atoms with Gasteiger partial charge in [0.15, 0.2) is 0 Å². The van der Waals surface area contributed by atoms with Gasteiger partial charge in [0, 0.05) is 31.7 Å². The number of aromatic nitrogens is 2. The monoisotopic (exact) mass is 310 g/mol. The molecule has 2 rings (SSSR count). The van der Waals surface area contributed by atoms with E-state index in [9.17, 15) is 9.59 Å². The minimum absolute atomic E-state index is 0.0465. The average Bonchev–Trinajstić information content (AvgIpc) is 2.53. The van der Waals surface area contributed by atoms with E-state index >= 15 is 0 Å². The molecular formula is C17H18N4O2. The van der Waals surface area contributed by atoms with Crippen LogP contribution in [0.3, 0.4) is 0 Å². The van der Waals surface area contributed by atoms with Gasteiger partial charge in [0.05, 0.1) is 6.54 Å². The Morgan fingerprint density at radius 1 is 1.22 bits per heavy atom. The van der Waals surface area contributed by atoms with E-state index in [-0.39, 0.29) is 18.4 Å². The fourth-order valence-electron chi connectivity index (χ4n) is 1.85. The van der Waals surface area contributed by atoms with Gasteiger partial charge in [-0.05, 0) is 48.4 Å². The summed E-state index contributed by atoms with van der Waals surface area (Å²) >= 11 is 0. The van der Waals surface area contributed by atoms with E-state index in [4.69, 9.17) is 0 Å². The van der Waals surface area contributed by atoms with Crippen LogP contribution in [0, 0.1) is 6.92 Å². The molecule has 0 unspecified atom stereocenters. The van der Waals surface area contributed by atoms with Gasteiger partial charge in [-0.1, -0.05) is 0 Å². The first-order chi connectivity index (χ1) is 11.0. The Labute approximate surface area is 134 Å². The third-order valence-electron chi connectivity index (χ3n) is 3.06. The molecular weight excluding hydrogens is 292 g/mol. The first kappa shape index (κ1) is 16.4. The molecule has 6 heteroatoms. The van der Waals surface area contributed by atoms with Crippen molar-refractivity contribution >= 4 is 23.7 Å². The number of amides is 2. The highest BCUT2D eigenvalue weighted by Gasteiger charge is 2.11. The molecule has 0 fully saturated rings. The summed E-state index contributed by atoms with van der Waals surface area (Å²) in [7, 11) is 1.57. The number of nitrogens with zero attached hydrogens (tertiary/aromatic N) is 3. The Kier molecular flexibility index (Phi) is 5.57. The van der Waals surface area contributed by atoms with Crippen LogP contribution in [0.4, 0.5) is 5.82 Å². The topological polar surface area (TPSA) is 75.2 Å². The molecule has 2 heterocycles. The van der Waals surface area contributed by atoms with Gasteiger partial charge in [0.2, 0.25) is 11.8 Å². The maximum absolute atomic E-state index is 12.0. The number of pyridine rings is 2. The van der Waals surface area contributed by atoms with Gasteiger partial charge in [0.25, 0.3) is 0 Å². The Morgan fingerprint density at radius 3 is 2.65 bits per heavy atom. The van der Waals surface area contributed by atoms with Gasteiger partial charge >= 0.3 is 0 Å². The molecule has 1 N–H and O–H groups in total. The number of nitrogens with one attached hydrogen (secondary N) is 1. The predicted octanol–water partition coefficient (Wildman–Crippen LogP) is 1.90. The molecule has 0 spiro atoms. The highest BCUT2D eigenvalue weighted by atomic mass is 16.2. The number of aryl methyl sites for hydroxylation is 1. The molecule has 0 saturated carbocycles. The van der Waals surface area contributed by atoms with Crippen LogP contribution < -0.4 is 5.32 Å². The molecule has 0 aliphatic carbocycles. The summed E-state index contributed by atoms with van der Waals surface area (Å²) in [6, 6.07) is 7.19. The molecule has 2 aromatic rings. The summed E-state index contributed by atoms with van der Waals surface area (Å²) in [4.78, 5) is 33.2. The maximum Gasteiger partial charge on any atom is 0.246 e. The van der Waals surface area contributed by atoms with Crippen LogP contribution in [-0.4, -0.2) is 40.3 Å². The predicted molar refractivity (Wildman–Crippen MR) is 88.5 cm³/mol. The lowest BCUT2D eigenvalue weighted by molar-refractivity contribution is -0.129. The smallest absolute Gasteiger partial charge is 0.246 e. The minimum Gasteiger partial charge on any atom is -0.333 e. The highest BCUT2D eigenvalue weighted by molar-refractivity contribution is 5.97. The minimum atomic E-state index is -0.295. The second-order valence-electron chi connectivity index (χ2n) is 5.07. The fourth-order valence-corrected chi connectivity index (χ4v) is 1.85. The Balaban J connectivity index is 1.88. The average molecular weight is 310 g/mol. The lowest BCUT2D eigenvalue weighted by Gasteiger charge is -2.14. The molecule has 23 heavy (non-hydrogen) atoms. The number of carbonyl (C=O) groups is 2. The zero-order chi connectivity index (χ0) is 16.7. The van der Waals surface area contributed by atoms with E-state index in [2.05, 4.69) is 15.3 Å². The van der Waals surface area contributed by atoms with Crippen molar-refractivity contribution in [1.29, 1.82) is 0 Å². The van der Waals surface area contributed by atoms with Crippen molar-refractivity contribution in [3.63, 3.8) is 0 Å². The van der Waals surface area contributed by atoms with Crippen LogP contribution in [0.15, 0.2) is 48.9 Å². The van der Waals surface area contributed by atoms with E-state index in [1.165, 1.54) is 11.0 Å². The molecule has 0 bridgehead atoms. The quantitative estimate of drug-likeness (QED) is 0.856. The standard InChI is InChI=1S/C17H18N4O2/c1-13-5-10-19-15(11-13)20-16(22)12-21(2)17(23)4-3-14-6-8-18-9-7-14/h3-11H,12H2,1-2H3,(H,19,20,22). The van der Waals surface area contributed by atoms with E-state index in [0.717, 1.165) is 11.1 Å². The molecule has 0 aliphatic heterocycles. The second kappa shape index (κ2) is 7.84. The van der Waals surface area contributed by atoms with Crippen LogP contribution in [0.2, 0.25) is 0 Å². The first-order valence-electron chi connectivity index (χ1n) is 7.10. The van der Waals surface area contributed by atoms with E-state index < -0.39 is 0 Å². The van der Waals surface area contributed by atoms with Crippen LogP contribution in [0.5, 0.6) is 0 Å². The zero-order valence-electron chi connectivity index (χ0n) is 13.1. The molecule has 6 nitrogen and oxygen atoms in total. The van der Waals surface area contributed by atoms with Crippen molar-refractivity contribution in [2.45, 2.75) is 6.92 Å². The van der Waals surface area contributed by atoms with Gasteiger partial charge in [0.1, 0.15) is 5.82 Å². The maximum atomic E-state index is 12.0. The van der Waals surface area contributed by atoms with Crippen LogP contribution >= 0.6 is 0 Å². The molecule has 2 amide bonds. The largest absolute Gasteiger partial charge is 0.333 e. The summed E-state index contributed by atoms with van der Waals surface area (Å²) in [6.07, 6.45) is 8.03. The van der Waals surface area contributed by atoms with Gasteiger partial charge in [-0.15, -0.1) is 0 Å². The van der Waals surface area contributed by atoms with Crippen molar-refractivity contribution < 1.29 is 9.59 Å². The Morgan fingerprint density at radius 2 is 1.96 bits per heavy atom. The Hall–Kier alpha value is -3.02. The van der Waals surface area contributed by atoms with Crippen LogP contribution in [-0.2, 0) is 9.59 Å². The van der Waals surface area contributed by atoms with Crippen LogP contribution in [0.25, 0.3) is 6.08 Å². The van der Waals surface area contributed by atoms with Crippen LogP contribution in [0.1, 0.15) is 11.1 Å². The molecule has 0 atom stereocenters. The molecule has 0 aliphatic rings. The lowest BCUT2D eigenvalue weighted by atomic mass is 10.2. The summed E-state index contributed by atoms with van der Waals surface area (Å²) in [5.74, 6) is -0.0754. The van der Waals surface area contributed by atoms with Gasteiger partial charge in [-0.25, -0.2) is 4.98 Å². The third-order valence-corrected chi connectivity index (χ3v) is 3.06. The van der Waals surface area contributed by atoms with E-state index in [0.29, 0.717) is 5.82 Å². The number of hydrogen-bond donors (Lipinski definition) is 1. The van der Waals surface area contributed by atoms with Crippen molar-refractivity contribution in [3.8, 4) is 0 Å². The van der Waals surface area contributed by atoms with Crippen molar-refractivity contribution in [2.24, 2.45) is 0 Å². The second-order valence-corrected chi connectivity index (χ2v) is 5.07. The van der Waals surface area contributed by atoms with Crippen molar-refractivity contribution in [1.82, 2.24) is 14.9 Å². The SMILES string of the molecule is Cc1ccnc(NC(=O)CN(C)C(=O)C=Cc2ccncc2)c1. The number of hydrogen-bond acceptors (Lipinski definition) is 4. The van der Waals surface area contributed by atoms with E-state index in [1.54, 1.807) is 49.9 Å². The molecule has 118 valence electrons. The normalized spacial score (nSPS) is 10.5. The summed E-state index contributed by atoms with van der Waals surface area (Å²) in [5, 5.41) is 2.67. The summed E-state index contributed by atoms with van der Waals surface area (Å²) in [5.41, 5.74) is 1.87. The number of rotatable bonds is 5. The number of likely N-dealkylation sites (N-methyl/N-ethyl adjacent to an activating group) is 1. The lowest BCUT2D eigenvalue weighted by Crippen LogP contribution is -2.34. The molecule has 2 aromatic heterocycles. The van der Waals surface area contributed by atoms with Crippen molar-refractivity contribution in [3.05, 3.63) is 60.1 Å². The first-order valence-corrected chi connectivity index (χ1v) is 7.10. The Bertz CT molecular complexity index is 714. The van der Waals surface area contributed by atoms with Crippen molar-refractivity contribution in [2.75, 3.05) is 18.9 Å². The zero-order valence-corrected chi connectivity index (χ0v) is 13.1. The summed E-state index contributed by atoms with van der Waals surface area (Å²) in [6.45, 7) is 1.87. The third kappa shape index (κ3) is 5.35. The molecule has 0 radical (unpaired) electrons. The fraction of sp³-hybridized carbons (Fsp3) is 0.176.